The first-order valence-electron chi connectivity index (χ1n) is 3.89. The van der Waals surface area contributed by atoms with E-state index in [2.05, 4.69) is 6.92 Å². The standard InChI is InChI=1S/C9H12FNS.ClH/c1-2-12-9-4-3-8(10)5-7(9)6-11;/h3-5H,2,6,11H2,1H3;1H. The maximum atomic E-state index is 12.7. The Hall–Kier alpha value is -0.250. The SMILES string of the molecule is CCSc1ccc(F)cc1CN.Cl. The number of hydrogen-bond donors (Lipinski definition) is 1. The predicted molar refractivity (Wildman–Crippen MR) is 57.9 cm³/mol. The van der Waals surface area contributed by atoms with Crippen LogP contribution in [0.4, 0.5) is 4.39 Å². The van der Waals surface area contributed by atoms with E-state index < -0.39 is 0 Å². The van der Waals surface area contributed by atoms with Crippen LogP contribution in [-0.2, 0) is 6.54 Å². The number of benzene rings is 1. The molecule has 1 aromatic carbocycles. The van der Waals surface area contributed by atoms with Crippen molar-refractivity contribution in [1.82, 2.24) is 0 Å². The highest BCUT2D eigenvalue weighted by molar-refractivity contribution is 7.99. The molecule has 0 aliphatic carbocycles. The Morgan fingerprint density at radius 2 is 2.15 bits per heavy atom. The lowest BCUT2D eigenvalue weighted by atomic mass is 10.2. The lowest BCUT2D eigenvalue weighted by molar-refractivity contribution is 0.623. The zero-order valence-corrected chi connectivity index (χ0v) is 9.05. The van der Waals surface area contributed by atoms with Crippen molar-refractivity contribution in [3.8, 4) is 0 Å². The minimum Gasteiger partial charge on any atom is -0.326 e. The Morgan fingerprint density at radius 3 is 2.69 bits per heavy atom. The summed E-state index contributed by atoms with van der Waals surface area (Å²) in [6.07, 6.45) is 0. The summed E-state index contributed by atoms with van der Waals surface area (Å²) in [4.78, 5) is 1.08. The van der Waals surface area contributed by atoms with Gasteiger partial charge in [0.05, 0.1) is 0 Å². The fourth-order valence-corrected chi connectivity index (χ4v) is 1.81. The largest absolute Gasteiger partial charge is 0.326 e. The van der Waals surface area contributed by atoms with E-state index in [4.69, 9.17) is 5.73 Å². The summed E-state index contributed by atoms with van der Waals surface area (Å²) in [5.41, 5.74) is 6.36. The minimum atomic E-state index is -0.212. The Labute approximate surface area is 88.3 Å². The molecule has 0 atom stereocenters. The monoisotopic (exact) mass is 221 g/mol. The molecular formula is C9H13ClFNS. The molecule has 4 heteroatoms. The second-order valence-corrected chi connectivity index (χ2v) is 3.70. The van der Waals surface area contributed by atoms with E-state index in [1.165, 1.54) is 12.1 Å². The van der Waals surface area contributed by atoms with Gasteiger partial charge in [0, 0.05) is 11.4 Å². The van der Waals surface area contributed by atoms with Gasteiger partial charge in [-0.3, -0.25) is 0 Å². The topological polar surface area (TPSA) is 26.0 Å². The van der Waals surface area contributed by atoms with Crippen molar-refractivity contribution in [2.75, 3.05) is 5.75 Å². The molecule has 1 nitrogen and oxygen atoms in total. The van der Waals surface area contributed by atoms with Gasteiger partial charge in [0.1, 0.15) is 5.82 Å². The van der Waals surface area contributed by atoms with E-state index in [1.54, 1.807) is 17.8 Å². The molecule has 2 N–H and O–H groups in total. The number of halogens is 2. The van der Waals surface area contributed by atoms with Crippen molar-refractivity contribution in [3.05, 3.63) is 29.6 Å². The van der Waals surface area contributed by atoms with E-state index >= 15 is 0 Å². The summed E-state index contributed by atoms with van der Waals surface area (Å²) in [5, 5.41) is 0. The molecule has 0 aromatic heterocycles. The number of hydrogen-bond acceptors (Lipinski definition) is 2. The van der Waals surface area contributed by atoms with E-state index in [-0.39, 0.29) is 18.2 Å². The molecule has 0 amide bonds. The van der Waals surface area contributed by atoms with Crippen molar-refractivity contribution in [2.24, 2.45) is 5.73 Å². The van der Waals surface area contributed by atoms with Crippen LogP contribution in [0.15, 0.2) is 23.1 Å². The summed E-state index contributed by atoms with van der Waals surface area (Å²) in [5.74, 6) is 0.773. The molecular weight excluding hydrogens is 209 g/mol. The van der Waals surface area contributed by atoms with Gasteiger partial charge in [-0.2, -0.15) is 0 Å². The normalized spacial score (nSPS) is 9.46. The number of thioether (sulfide) groups is 1. The first kappa shape index (κ1) is 12.8. The molecule has 0 fully saturated rings. The molecule has 1 aromatic rings. The van der Waals surface area contributed by atoms with Crippen molar-refractivity contribution in [1.29, 1.82) is 0 Å². The average molecular weight is 222 g/mol. The number of nitrogens with two attached hydrogens (primary N) is 1. The fraction of sp³-hybridized carbons (Fsp3) is 0.333. The highest BCUT2D eigenvalue weighted by Gasteiger charge is 2.01. The quantitative estimate of drug-likeness (QED) is 0.795. The molecule has 0 spiro atoms. The van der Waals surface area contributed by atoms with Crippen molar-refractivity contribution in [3.63, 3.8) is 0 Å². The third-order valence-electron chi connectivity index (χ3n) is 1.54. The average Bonchev–Trinajstić information content (AvgIpc) is 2.08. The van der Waals surface area contributed by atoms with Crippen molar-refractivity contribution >= 4 is 24.2 Å². The Bertz CT molecular complexity index is 268. The molecule has 0 aliphatic heterocycles. The summed E-state index contributed by atoms with van der Waals surface area (Å²) in [7, 11) is 0. The molecule has 74 valence electrons. The van der Waals surface area contributed by atoms with Crippen LogP contribution >= 0.6 is 24.2 Å². The minimum absolute atomic E-state index is 0. The Kier molecular flexibility index (Phi) is 6.12. The van der Waals surface area contributed by atoms with Crippen LogP contribution in [-0.4, -0.2) is 5.75 Å². The van der Waals surface area contributed by atoms with Crippen LogP contribution in [0.3, 0.4) is 0 Å². The first-order chi connectivity index (χ1) is 5.77. The van der Waals surface area contributed by atoms with Crippen molar-refractivity contribution < 1.29 is 4.39 Å². The molecule has 0 radical (unpaired) electrons. The van der Waals surface area contributed by atoms with Gasteiger partial charge in [0.2, 0.25) is 0 Å². The van der Waals surface area contributed by atoms with Crippen LogP contribution < -0.4 is 5.73 Å². The highest BCUT2D eigenvalue weighted by atomic mass is 35.5. The van der Waals surface area contributed by atoms with Crippen LogP contribution in [0.5, 0.6) is 0 Å². The third kappa shape index (κ3) is 3.55. The maximum absolute atomic E-state index is 12.7. The predicted octanol–water partition coefficient (Wildman–Crippen LogP) is 2.82. The molecule has 0 heterocycles. The summed E-state index contributed by atoms with van der Waals surface area (Å²) in [6.45, 7) is 2.47. The first-order valence-corrected chi connectivity index (χ1v) is 4.87. The van der Waals surface area contributed by atoms with Gasteiger partial charge in [-0.25, -0.2) is 4.39 Å². The molecule has 0 unspecified atom stereocenters. The van der Waals surface area contributed by atoms with Crippen LogP contribution in [0.25, 0.3) is 0 Å². The fourth-order valence-electron chi connectivity index (χ4n) is 1.00. The van der Waals surface area contributed by atoms with Gasteiger partial charge >= 0.3 is 0 Å². The zero-order valence-electron chi connectivity index (χ0n) is 7.42. The summed E-state index contributed by atoms with van der Waals surface area (Å²) in [6, 6.07) is 4.75. The Balaban J connectivity index is 0.00000144. The highest BCUT2D eigenvalue weighted by Crippen LogP contribution is 2.22. The smallest absolute Gasteiger partial charge is 0.123 e. The van der Waals surface area contributed by atoms with Gasteiger partial charge < -0.3 is 5.73 Å². The summed E-state index contributed by atoms with van der Waals surface area (Å²) >= 11 is 1.69. The van der Waals surface area contributed by atoms with E-state index in [1.807, 2.05) is 0 Å². The van der Waals surface area contributed by atoms with Gasteiger partial charge in [-0.05, 0) is 29.5 Å². The van der Waals surface area contributed by atoms with Crippen molar-refractivity contribution in [2.45, 2.75) is 18.4 Å². The molecule has 0 bridgehead atoms. The number of rotatable bonds is 3. The summed E-state index contributed by atoms with van der Waals surface area (Å²) < 4.78 is 12.7. The molecule has 0 saturated heterocycles. The van der Waals surface area contributed by atoms with Gasteiger partial charge in [-0.15, -0.1) is 24.2 Å². The molecule has 13 heavy (non-hydrogen) atoms. The second-order valence-electron chi connectivity index (χ2n) is 2.39. The van der Waals surface area contributed by atoms with Crippen LogP contribution in [0, 0.1) is 5.82 Å². The lowest BCUT2D eigenvalue weighted by Crippen LogP contribution is -1.99. The van der Waals surface area contributed by atoms with Gasteiger partial charge in [-0.1, -0.05) is 6.92 Å². The van der Waals surface area contributed by atoms with Gasteiger partial charge in [0.15, 0.2) is 0 Å². The van der Waals surface area contributed by atoms with Crippen LogP contribution in [0.2, 0.25) is 0 Å². The third-order valence-corrected chi connectivity index (χ3v) is 2.54. The zero-order chi connectivity index (χ0) is 8.97. The molecule has 0 saturated carbocycles. The van der Waals surface area contributed by atoms with E-state index in [0.29, 0.717) is 6.54 Å². The molecule has 0 aliphatic rings. The maximum Gasteiger partial charge on any atom is 0.123 e. The lowest BCUT2D eigenvalue weighted by Gasteiger charge is -2.05. The second kappa shape index (κ2) is 6.24. The van der Waals surface area contributed by atoms with E-state index in [0.717, 1.165) is 16.2 Å². The van der Waals surface area contributed by atoms with Crippen LogP contribution in [0.1, 0.15) is 12.5 Å². The Morgan fingerprint density at radius 1 is 1.46 bits per heavy atom. The van der Waals surface area contributed by atoms with E-state index in [9.17, 15) is 4.39 Å². The van der Waals surface area contributed by atoms with Gasteiger partial charge in [0.25, 0.3) is 0 Å². The molecule has 1 rings (SSSR count).